The first-order valence-electron chi connectivity index (χ1n) is 9.93. The Labute approximate surface area is 211 Å². The maximum absolute atomic E-state index is 11.6. The van der Waals surface area contributed by atoms with Gasteiger partial charge < -0.3 is 16.2 Å². The van der Waals surface area contributed by atoms with E-state index in [1.807, 2.05) is 20.8 Å². The fourth-order valence-corrected chi connectivity index (χ4v) is 2.65. The molecule has 0 aliphatic heterocycles. The summed E-state index contributed by atoms with van der Waals surface area (Å²) in [6.45, 7) is 7.22. The van der Waals surface area contributed by atoms with Gasteiger partial charge in [0.25, 0.3) is 0 Å². The lowest BCUT2D eigenvalue weighted by molar-refractivity contribution is -0.140. The number of aliphatic carboxylic acids is 1. The van der Waals surface area contributed by atoms with Crippen LogP contribution in [-0.2, 0) is 9.59 Å². The molecular weight excluding hydrogens is 552 g/mol. The third-order valence-electron chi connectivity index (χ3n) is 4.32. The van der Waals surface area contributed by atoms with E-state index in [0.29, 0.717) is 27.5 Å². The summed E-state index contributed by atoms with van der Waals surface area (Å²) in [5, 5.41) is 29.4. The number of amides is 1. The van der Waals surface area contributed by atoms with Crippen LogP contribution < -0.4 is 11.1 Å². The number of nitriles is 2. The van der Waals surface area contributed by atoms with Crippen molar-refractivity contribution in [2.24, 2.45) is 11.8 Å². The second-order valence-corrected chi connectivity index (χ2v) is 8.56. The Morgan fingerprint density at radius 1 is 0.970 bits per heavy atom. The SMILES string of the molecule is CC(CBr)C(=O)O.Cc1cc(N)ccc1C#N.Cc1cc(NC(=O)C(C)CBr)ccc1C#N. The van der Waals surface area contributed by atoms with Crippen LogP contribution in [0, 0.1) is 48.3 Å². The number of nitrogens with zero attached hydrogens (tertiary/aromatic N) is 2. The number of benzene rings is 2. The molecule has 2 unspecified atom stereocenters. The Kier molecular flexibility index (Phi) is 14.5. The number of carboxylic acids is 1. The summed E-state index contributed by atoms with van der Waals surface area (Å²) in [6, 6.07) is 14.7. The van der Waals surface area contributed by atoms with Gasteiger partial charge in [0.05, 0.1) is 29.2 Å². The molecule has 0 spiro atoms. The number of rotatable bonds is 5. The van der Waals surface area contributed by atoms with Crippen molar-refractivity contribution in [2.75, 3.05) is 21.7 Å². The molecule has 4 N–H and O–H groups in total. The fraction of sp³-hybridized carbons (Fsp3) is 0.333. The van der Waals surface area contributed by atoms with Gasteiger partial charge in [-0.3, -0.25) is 9.59 Å². The molecule has 0 radical (unpaired) electrons. The molecule has 0 bridgehead atoms. The summed E-state index contributed by atoms with van der Waals surface area (Å²) >= 11 is 6.30. The van der Waals surface area contributed by atoms with E-state index >= 15 is 0 Å². The first-order chi connectivity index (χ1) is 15.5. The molecule has 2 atom stereocenters. The van der Waals surface area contributed by atoms with Gasteiger partial charge in [0, 0.05) is 28.0 Å². The highest BCUT2D eigenvalue weighted by Crippen LogP contribution is 2.15. The highest BCUT2D eigenvalue weighted by atomic mass is 79.9. The number of nitrogens with two attached hydrogens (primary N) is 1. The van der Waals surface area contributed by atoms with Crippen molar-refractivity contribution in [3.05, 3.63) is 58.7 Å². The molecule has 0 fully saturated rings. The van der Waals surface area contributed by atoms with Crippen LogP contribution >= 0.6 is 31.9 Å². The van der Waals surface area contributed by atoms with Gasteiger partial charge in [-0.2, -0.15) is 10.5 Å². The van der Waals surface area contributed by atoms with Crippen LogP contribution in [0.2, 0.25) is 0 Å². The molecule has 1 amide bonds. The number of aryl methyl sites for hydroxylation is 2. The summed E-state index contributed by atoms with van der Waals surface area (Å²) in [5.74, 6) is -1.12. The van der Waals surface area contributed by atoms with Crippen LogP contribution in [0.1, 0.15) is 36.1 Å². The lowest BCUT2D eigenvalue weighted by atomic mass is 10.1. The highest BCUT2D eigenvalue weighted by molar-refractivity contribution is 9.09. The maximum atomic E-state index is 11.6. The maximum Gasteiger partial charge on any atom is 0.307 e. The van der Waals surface area contributed by atoms with Crippen LogP contribution in [0.4, 0.5) is 11.4 Å². The van der Waals surface area contributed by atoms with Gasteiger partial charge in [-0.1, -0.05) is 45.7 Å². The van der Waals surface area contributed by atoms with E-state index in [9.17, 15) is 9.59 Å². The minimum absolute atomic E-state index is 0.0269. The van der Waals surface area contributed by atoms with Crippen molar-refractivity contribution in [1.29, 1.82) is 10.5 Å². The van der Waals surface area contributed by atoms with E-state index in [1.165, 1.54) is 0 Å². The van der Waals surface area contributed by atoms with Crippen molar-refractivity contribution >= 4 is 55.1 Å². The Morgan fingerprint density at radius 3 is 1.82 bits per heavy atom. The van der Waals surface area contributed by atoms with Gasteiger partial charge in [0.1, 0.15) is 0 Å². The molecule has 9 heteroatoms. The molecule has 176 valence electrons. The average molecular weight is 580 g/mol. The van der Waals surface area contributed by atoms with Gasteiger partial charge in [-0.25, -0.2) is 0 Å². The number of carbonyl (C=O) groups is 2. The summed E-state index contributed by atoms with van der Waals surface area (Å²) in [7, 11) is 0. The molecule has 0 saturated carbocycles. The average Bonchev–Trinajstić information content (AvgIpc) is 2.78. The summed E-state index contributed by atoms with van der Waals surface area (Å²) in [5.41, 5.74) is 10.0. The van der Waals surface area contributed by atoms with Crippen LogP contribution in [0.15, 0.2) is 36.4 Å². The minimum atomic E-state index is -0.753. The molecule has 0 heterocycles. The van der Waals surface area contributed by atoms with E-state index in [0.717, 1.165) is 16.8 Å². The Bertz CT molecular complexity index is 1030. The van der Waals surface area contributed by atoms with Crippen LogP contribution in [0.5, 0.6) is 0 Å². The van der Waals surface area contributed by atoms with Crippen molar-refractivity contribution in [3.63, 3.8) is 0 Å². The molecule has 0 aliphatic rings. The number of nitrogens with one attached hydrogen (secondary N) is 1. The predicted octanol–water partition coefficient (Wildman–Crippen LogP) is 5.39. The van der Waals surface area contributed by atoms with Gasteiger partial charge in [0.15, 0.2) is 0 Å². The standard InChI is InChI=1S/C12H13BrN2O.C8H8N2.C4H7BrO2/c1-8-5-11(4-3-10(8)7-14)15-12(16)9(2)6-13;1-6-4-8(10)3-2-7(6)5-9;1-3(2-5)4(6)7/h3-5,9H,6H2,1-2H3,(H,15,16);2-4H,10H2,1H3;3H,2H2,1H3,(H,6,7). The van der Waals surface area contributed by atoms with Crippen molar-refractivity contribution < 1.29 is 14.7 Å². The number of hydrogen-bond acceptors (Lipinski definition) is 5. The van der Waals surface area contributed by atoms with E-state index in [1.54, 1.807) is 43.3 Å². The number of carboxylic acid groups (broad SMARTS) is 1. The molecule has 2 aromatic rings. The predicted molar refractivity (Wildman–Crippen MR) is 138 cm³/mol. The highest BCUT2D eigenvalue weighted by Gasteiger charge is 2.11. The van der Waals surface area contributed by atoms with Crippen LogP contribution in [-0.4, -0.2) is 27.6 Å². The molecule has 2 rings (SSSR count). The molecule has 0 aliphatic carbocycles. The summed E-state index contributed by atoms with van der Waals surface area (Å²) in [6.07, 6.45) is 0. The first kappa shape index (κ1) is 30.1. The van der Waals surface area contributed by atoms with Gasteiger partial charge in [0.2, 0.25) is 5.91 Å². The van der Waals surface area contributed by atoms with E-state index < -0.39 is 5.97 Å². The third-order valence-corrected chi connectivity index (χ3v) is 6.26. The molecule has 33 heavy (non-hydrogen) atoms. The van der Waals surface area contributed by atoms with Crippen LogP contribution in [0.3, 0.4) is 0 Å². The van der Waals surface area contributed by atoms with Gasteiger partial charge in [-0.15, -0.1) is 0 Å². The number of carbonyl (C=O) groups excluding carboxylic acids is 1. The lowest BCUT2D eigenvalue weighted by Gasteiger charge is -2.10. The molecule has 0 saturated heterocycles. The van der Waals surface area contributed by atoms with Gasteiger partial charge in [-0.05, 0) is 61.4 Å². The Morgan fingerprint density at radius 2 is 1.45 bits per heavy atom. The Balaban J connectivity index is 0.000000514. The minimum Gasteiger partial charge on any atom is -0.481 e. The largest absolute Gasteiger partial charge is 0.481 e. The number of hydrogen-bond donors (Lipinski definition) is 3. The summed E-state index contributed by atoms with van der Waals surface area (Å²) < 4.78 is 0. The van der Waals surface area contributed by atoms with Crippen molar-refractivity contribution in [2.45, 2.75) is 27.7 Å². The molecule has 2 aromatic carbocycles. The first-order valence-corrected chi connectivity index (χ1v) is 12.2. The molecule has 7 nitrogen and oxygen atoms in total. The van der Waals surface area contributed by atoms with Crippen LogP contribution in [0.25, 0.3) is 0 Å². The zero-order chi connectivity index (χ0) is 25.6. The number of alkyl halides is 2. The molecular formula is C24H28Br2N4O3. The fourth-order valence-electron chi connectivity index (χ4n) is 2.08. The second-order valence-electron chi connectivity index (χ2n) is 7.27. The van der Waals surface area contributed by atoms with Crippen molar-refractivity contribution in [3.8, 4) is 12.1 Å². The topological polar surface area (TPSA) is 140 Å². The second kappa shape index (κ2) is 15.8. The van der Waals surface area contributed by atoms with Gasteiger partial charge >= 0.3 is 5.97 Å². The zero-order valence-corrected chi connectivity index (χ0v) is 22.2. The number of nitrogen functional groups attached to an aromatic ring is 1. The Hall–Kier alpha value is -2.88. The van der Waals surface area contributed by atoms with E-state index in [-0.39, 0.29) is 17.7 Å². The van der Waals surface area contributed by atoms with E-state index in [2.05, 4.69) is 49.3 Å². The number of anilines is 2. The monoisotopic (exact) mass is 578 g/mol. The smallest absolute Gasteiger partial charge is 0.307 e. The summed E-state index contributed by atoms with van der Waals surface area (Å²) in [4.78, 5) is 21.5. The normalized spacial score (nSPS) is 11.2. The zero-order valence-electron chi connectivity index (χ0n) is 19.0. The lowest BCUT2D eigenvalue weighted by Crippen LogP contribution is -2.21. The van der Waals surface area contributed by atoms with E-state index in [4.69, 9.17) is 21.4 Å². The van der Waals surface area contributed by atoms with Crippen molar-refractivity contribution in [1.82, 2.24) is 0 Å². The third kappa shape index (κ3) is 11.5. The quantitative estimate of drug-likeness (QED) is 0.320. The molecule has 0 aromatic heterocycles. The number of halogens is 2.